The van der Waals surface area contributed by atoms with Gasteiger partial charge >= 0.3 is 19.8 Å². The van der Waals surface area contributed by atoms with Crippen LogP contribution in [0.25, 0.3) is 0 Å². The van der Waals surface area contributed by atoms with Crippen LogP contribution >= 0.6 is 7.82 Å². The van der Waals surface area contributed by atoms with Gasteiger partial charge in [-0.2, -0.15) is 0 Å². The molecule has 0 amide bonds. The Kier molecular flexibility index (Phi) is 74.3. The van der Waals surface area contributed by atoms with Crippen LogP contribution in [0.15, 0.2) is 72.9 Å². The van der Waals surface area contributed by atoms with Crippen LogP contribution in [0.4, 0.5) is 0 Å². The minimum atomic E-state index is -4.40. The van der Waals surface area contributed by atoms with E-state index >= 15 is 0 Å². The van der Waals surface area contributed by atoms with Gasteiger partial charge in [-0.15, -0.1) is 0 Å². The molecule has 2 atom stereocenters. The molecule has 10 heteroatoms. The van der Waals surface area contributed by atoms with Gasteiger partial charge in [0.05, 0.1) is 13.2 Å². The van der Waals surface area contributed by atoms with Gasteiger partial charge in [-0.1, -0.05) is 376 Å². The number of carbonyl (C=O) groups excluding carboxylic acids is 2. The molecule has 0 saturated carbocycles. The second-order valence-electron chi connectivity index (χ2n) is 26.6. The van der Waals surface area contributed by atoms with Gasteiger partial charge in [-0.25, -0.2) is 4.57 Å². The number of nitrogens with two attached hydrogens (primary N) is 1. The van der Waals surface area contributed by atoms with Gasteiger partial charge in [-0.3, -0.25) is 18.6 Å². The number of esters is 2. The van der Waals surface area contributed by atoms with Crippen LogP contribution in [0.1, 0.15) is 399 Å². The Morgan fingerprint density at radius 2 is 0.604 bits per heavy atom. The van der Waals surface area contributed by atoms with Crippen LogP contribution in [0, 0.1) is 0 Å². The van der Waals surface area contributed by atoms with Crippen molar-refractivity contribution < 1.29 is 37.6 Å². The number of ether oxygens (including phenoxy) is 2. The first-order valence-corrected chi connectivity index (χ1v) is 40.9. The van der Waals surface area contributed by atoms with Crippen LogP contribution in [-0.4, -0.2) is 49.3 Å². The Morgan fingerprint density at radius 3 is 0.901 bits per heavy atom. The Morgan fingerprint density at radius 1 is 0.341 bits per heavy atom. The van der Waals surface area contributed by atoms with E-state index < -0.39 is 26.5 Å². The number of unbranched alkanes of at least 4 members (excludes halogenated alkanes) is 50. The van der Waals surface area contributed by atoms with Gasteiger partial charge < -0.3 is 20.1 Å². The Bertz CT molecular complexity index is 1720. The maximum Gasteiger partial charge on any atom is 0.472 e. The Hall–Kier alpha value is -2.55. The SMILES string of the molecule is CC/C=C\C/C=C\C/C=C\C/C=C\CCCCCCCCCCCCCCCCCCCCCCCCC(=O)OC(COC(=O)CCCCCCCCCCCCCCCCCCCCCCCCC/C=C\C/C=C\CCCCCCC)COP(=O)(O)OCCN. The molecule has 532 valence electrons. The van der Waals surface area contributed by atoms with E-state index in [9.17, 15) is 19.0 Å². The highest BCUT2D eigenvalue weighted by atomic mass is 31.2. The quantitative estimate of drug-likeness (QED) is 0.0264. The van der Waals surface area contributed by atoms with E-state index in [-0.39, 0.29) is 38.6 Å². The molecule has 0 heterocycles. The molecular formula is C81H150NO8P. The third-order valence-corrected chi connectivity index (χ3v) is 18.6. The zero-order valence-electron chi connectivity index (χ0n) is 60.1. The maximum absolute atomic E-state index is 12.8. The normalized spacial score (nSPS) is 13.2. The third kappa shape index (κ3) is 76.4. The summed E-state index contributed by atoms with van der Waals surface area (Å²) in [5.41, 5.74) is 5.42. The summed E-state index contributed by atoms with van der Waals surface area (Å²) in [6.45, 7) is 3.69. The van der Waals surface area contributed by atoms with Gasteiger partial charge in [0, 0.05) is 19.4 Å². The van der Waals surface area contributed by atoms with E-state index in [1.54, 1.807) is 0 Å². The second kappa shape index (κ2) is 76.5. The summed E-state index contributed by atoms with van der Waals surface area (Å²) >= 11 is 0. The molecular weight excluding hydrogens is 1150 g/mol. The van der Waals surface area contributed by atoms with E-state index in [0.29, 0.717) is 6.42 Å². The molecule has 0 aliphatic heterocycles. The number of phosphoric ester groups is 1. The fourth-order valence-electron chi connectivity index (χ4n) is 11.8. The highest BCUT2D eigenvalue weighted by molar-refractivity contribution is 7.47. The van der Waals surface area contributed by atoms with Crippen molar-refractivity contribution in [2.75, 3.05) is 26.4 Å². The number of carbonyl (C=O) groups is 2. The summed E-state index contributed by atoms with van der Waals surface area (Å²) in [7, 11) is -4.40. The third-order valence-electron chi connectivity index (χ3n) is 17.6. The van der Waals surface area contributed by atoms with Crippen LogP contribution in [0.2, 0.25) is 0 Å². The van der Waals surface area contributed by atoms with Crippen molar-refractivity contribution in [3.8, 4) is 0 Å². The lowest BCUT2D eigenvalue weighted by molar-refractivity contribution is -0.161. The number of phosphoric acid groups is 1. The molecule has 0 fully saturated rings. The molecule has 0 aromatic carbocycles. The van der Waals surface area contributed by atoms with Gasteiger partial charge in [0.25, 0.3) is 0 Å². The van der Waals surface area contributed by atoms with Crippen molar-refractivity contribution in [2.24, 2.45) is 5.73 Å². The first-order chi connectivity index (χ1) is 44.8. The smallest absolute Gasteiger partial charge is 0.462 e. The highest BCUT2D eigenvalue weighted by Gasteiger charge is 2.26. The number of hydrogen-bond donors (Lipinski definition) is 2. The predicted molar refractivity (Wildman–Crippen MR) is 395 cm³/mol. The lowest BCUT2D eigenvalue weighted by Crippen LogP contribution is -2.29. The topological polar surface area (TPSA) is 134 Å². The summed E-state index contributed by atoms with van der Waals surface area (Å²) in [5.74, 6) is -0.805. The summed E-state index contributed by atoms with van der Waals surface area (Å²) in [6.07, 6.45) is 102. The fourth-order valence-corrected chi connectivity index (χ4v) is 12.5. The van der Waals surface area contributed by atoms with Crippen LogP contribution < -0.4 is 5.73 Å². The molecule has 0 spiro atoms. The first-order valence-electron chi connectivity index (χ1n) is 39.4. The minimum Gasteiger partial charge on any atom is -0.462 e. The molecule has 0 aliphatic carbocycles. The van der Waals surface area contributed by atoms with E-state index in [1.165, 1.54) is 302 Å². The van der Waals surface area contributed by atoms with Gasteiger partial charge in [0.2, 0.25) is 0 Å². The standard InChI is InChI=1S/C81H150NO8P/c1-3-5-7-9-11-13-15-17-19-21-23-25-27-29-31-33-35-37-39-41-43-45-47-49-51-53-55-57-59-61-63-65-67-69-71-73-80(83)87-77-79(78-89-91(85,86)88-76-75-82)90-81(84)74-72-70-68-66-64-62-60-58-56-54-52-50-48-46-44-42-40-38-36-34-32-30-28-26-24-22-20-18-16-14-12-10-8-6-4-2/h6,8,12,14-15,17-18,20-21,23-24,26,79H,3-5,7,9-11,13,16,19,22,25,27-78,82H2,1-2H3,(H,85,86)/b8-6-,14-12-,17-15-,20-18-,23-21-,26-24-. The zero-order valence-corrected chi connectivity index (χ0v) is 61.0. The van der Waals surface area contributed by atoms with Crippen LogP contribution in [0.5, 0.6) is 0 Å². The van der Waals surface area contributed by atoms with Crippen LogP contribution in [0.3, 0.4) is 0 Å². The molecule has 0 bridgehead atoms. The highest BCUT2D eigenvalue weighted by Crippen LogP contribution is 2.43. The number of hydrogen-bond acceptors (Lipinski definition) is 8. The molecule has 0 rings (SSSR count). The first kappa shape index (κ1) is 88.5. The van der Waals surface area contributed by atoms with E-state index in [2.05, 4.69) is 86.8 Å². The van der Waals surface area contributed by atoms with Crippen molar-refractivity contribution in [3.05, 3.63) is 72.9 Å². The lowest BCUT2D eigenvalue weighted by atomic mass is 10.0. The van der Waals surface area contributed by atoms with E-state index in [4.69, 9.17) is 24.3 Å². The molecule has 0 saturated heterocycles. The Balaban J connectivity index is 3.77. The summed E-state index contributed by atoms with van der Waals surface area (Å²) < 4.78 is 33.3. The number of allylic oxidation sites excluding steroid dienone is 12. The fraction of sp³-hybridized carbons (Fsp3) is 0.827. The van der Waals surface area contributed by atoms with Crippen molar-refractivity contribution in [1.29, 1.82) is 0 Å². The van der Waals surface area contributed by atoms with Crippen molar-refractivity contribution >= 4 is 19.8 Å². The van der Waals surface area contributed by atoms with Crippen molar-refractivity contribution in [3.63, 3.8) is 0 Å². The molecule has 0 aromatic heterocycles. The average molecular weight is 1300 g/mol. The van der Waals surface area contributed by atoms with Crippen molar-refractivity contribution in [2.45, 2.75) is 405 Å². The molecule has 2 unspecified atom stereocenters. The van der Waals surface area contributed by atoms with Gasteiger partial charge in [0.1, 0.15) is 6.61 Å². The molecule has 91 heavy (non-hydrogen) atoms. The summed E-state index contributed by atoms with van der Waals surface area (Å²) in [6, 6.07) is 0. The largest absolute Gasteiger partial charge is 0.472 e. The summed E-state index contributed by atoms with van der Waals surface area (Å²) in [4.78, 5) is 35.5. The zero-order chi connectivity index (χ0) is 65.8. The summed E-state index contributed by atoms with van der Waals surface area (Å²) in [5, 5.41) is 0. The average Bonchev–Trinajstić information content (AvgIpc) is 3.68. The van der Waals surface area contributed by atoms with E-state index in [0.717, 1.165) is 64.2 Å². The lowest BCUT2D eigenvalue weighted by Gasteiger charge is -2.19. The monoisotopic (exact) mass is 1300 g/mol. The van der Waals surface area contributed by atoms with Crippen molar-refractivity contribution in [1.82, 2.24) is 0 Å². The van der Waals surface area contributed by atoms with Crippen LogP contribution in [-0.2, 0) is 32.7 Å². The maximum atomic E-state index is 12.8. The molecule has 0 aliphatic rings. The van der Waals surface area contributed by atoms with Gasteiger partial charge in [-0.05, 0) is 83.5 Å². The molecule has 3 N–H and O–H groups in total. The molecule has 9 nitrogen and oxygen atoms in total. The second-order valence-corrected chi connectivity index (χ2v) is 28.0. The Labute approximate surface area is 564 Å². The predicted octanol–water partition coefficient (Wildman–Crippen LogP) is 26.3. The van der Waals surface area contributed by atoms with E-state index in [1.807, 2.05) is 0 Å². The minimum absolute atomic E-state index is 0.0549. The van der Waals surface area contributed by atoms with Gasteiger partial charge in [0.15, 0.2) is 6.10 Å². The molecule has 0 radical (unpaired) electrons. The number of rotatable bonds is 75. The molecule has 0 aromatic rings.